The molecule has 0 spiro atoms. The molecule has 2 nitrogen and oxygen atoms in total. The Morgan fingerprint density at radius 3 is 2.60 bits per heavy atom. The van der Waals surface area contributed by atoms with E-state index in [-0.39, 0.29) is 11.4 Å². The Morgan fingerprint density at radius 2 is 2.10 bits per heavy atom. The number of benzene rings is 1. The van der Waals surface area contributed by atoms with Gasteiger partial charge in [0.2, 0.25) is 0 Å². The van der Waals surface area contributed by atoms with E-state index < -0.39 is 0 Å². The third kappa shape index (κ3) is 1.20. The number of anilines is 1. The topological polar surface area (TPSA) is 46.2 Å². The van der Waals surface area contributed by atoms with Gasteiger partial charge in [-0.3, -0.25) is 0 Å². The smallest absolute Gasteiger partial charge is 0.140 e. The number of rotatable bonds is 0. The van der Waals surface area contributed by atoms with E-state index in [4.69, 9.17) is 22.4 Å². The van der Waals surface area contributed by atoms with Crippen LogP contribution in [-0.4, -0.2) is 5.11 Å². The fourth-order valence-corrected chi connectivity index (χ4v) is 1.06. The minimum Gasteiger partial charge on any atom is -0.506 e. The van der Waals surface area contributed by atoms with Gasteiger partial charge in [-0.15, -0.1) is 0 Å². The second kappa shape index (κ2) is 2.68. The highest BCUT2D eigenvalue weighted by Gasteiger charge is 2.04. The van der Waals surface area contributed by atoms with Gasteiger partial charge in [-0.2, -0.15) is 0 Å². The summed E-state index contributed by atoms with van der Waals surface area (Å²) in [6, 6.07) is 3.11. The van der Waals surface area contributed by atoms with Crippen LogP contribution in [0.2, 0.25) is 5.02 Å². The van der Waals surface area contributed by atoms with Gasteiger partial charge in [0, 0.05) is 4.47 Å². The maximum absolute atomic E-state index is 8.99. The van der Waals surface area contributed by atoms with Gasteiger partial charge < -0.3 is 10.8 Å². The van der Waals surface area contributed by atoms with Crippen molar-refractivity contribution in [2.24, 2.45) is 0 Å². The van der Waals surface area contributed by atoms with E-state index in [9.17, 15) is 0 Å². The monoisotopic (exact) mass is 221 g/mol. The molecule has 4 heteroatoms. The normalized spacial score (nSPS) is 9.80. The molecule has 0 fully saturated rings. The predicted octanol–water partition coefficient (Wildman–Crippen LogP) is 2.39. The van der Waals surface area contributed by atoms with Gasteiger partial charge in [0.1, 0.15) is 5.75 Å². The van der Waals surface area contributed by atoms with E-state index in [2.05, 4.69) is 15.9 Å². The van der Waals surface area contributed by atoms with Crippen molar-refractivity contribution in [3.05, 3.63) is 21.6 Å². The average Bonchev–Trinajstić information content (AvgIpc) is 1.93. The first kappa shape index (κ1) is 7.69. The summed E-state index contributed by atoms with van der Waals surface area (Å²) < 4.78 is 0.685. The Bertz CT molecular complexity index is 237. The maximum Gasteiger partial charge on any atom is 0.140 e. The highest BCUT2D eigenvalue weighted by molar-refractivity contribution is 9.10. The molecule has 0 aliphatic carbocycles. The standard InChI is InChI=1S/C6H5BrClNO/c7-3-1-2-4(10)6(9)5(3)8/h1-2,10H,9H2. The molecule has 0 saturated carbocycles. The van der Waals surface area contributed by atoms with Crippen LogP contribution in [-0.2, 0) is 0 Å². The van der Waals surface area contributed by atoms with Crippen molar-refractivity contribution < 1.29 is 5.11 Å². The van der Waals surface area contributed by atoms with Crippen molar-refractivity contribution in [1.82, 2.24) is 0 Å². The lowest BCUT2D eigenvalue weighted by molar-refractivity contribution is 0.478. The molecule has 0 atom stereocenters. The Kier molecular flexibility index (Phi) is 2.06. The van der Waals surface area contributed by atoms with Gasteiger partial charge in [0.25, 0.3) is 0 Å². The van der Waals surface area contributed by atoms with E-state index >= 15 is 0 Å². The first-order valence-electron chi connectivity index (χ1n) is 2.55. The lowest BCUT2D eigenvalue weighted by Gasteiger charge is -2.01. The van der Waals surface area contributed by atoms with Crippen LogP contribution in [0.15, 0.2) is 16.6 Å². The summed E-state index contributed by atoms with van der Waals surface area (Å²) in [5.41, 5.74) is 5.58. The summed E-state index contributed by atoms with van der Waals surface area (Å²) in [4.78, 5) is 0. The van der Waals surface area contributed by atoms with E-state index in [0.717, 1.165) is 0 Å². The number of halogens is 2. The molecule has 0 aromatic heterocycles. The first-order valence-corrected chi connectivity index (χ1v) is 3.72. The molecule has 0 saturated heterocycles. The fourth-order valence-electron chi connectivity index (χ4n) is 0.556. The van der Waals surface area contributed by atoms with Crippen molar-refractivity contribution in [2.45, 2.75) is 0 Å². The summed E-state index contributed by atoms with van der Waals surface area (Å²) in [6.45, 7) is 0. The minimum atomic E-state index is 0.00759. The van der Waals surface area contributed by atoms with Crippen LogP contribution >= 0.6 is 27.5 Å². The molecule has 0 radical (unpaired) electrons. The zero-order chi connectivity index (χ0) is 7.72. The van der Waals surface area contributed by atoms with Crippen molar-refractivity contribution >= 4 is 33.2 Å². The van der Waals surface area contributed by atoms with Crippen molar-refractivity contribution in [1.29, 1.82) is 0 Å². The first-order chi connectivity index (χ1) is 4.63. The zero-order valence-electron chi connectivity index (χ0n) is 4.94. The molecule has 1 aromatic carbocycles. The molecule has 1 rings (SSSR count). The van der Waals surface area contributed by atoms with Crippen LogP contribution in [0.25, 0.3) is 0 Å². The average molecular weight is 222 g/mol. The lowest BCUT2D eigenvalue weighted by Crippen LogP contribution is -1.86. The molecule has 0 aliphatic rings. The summed E-state index contributed by atoms with van der Waals surface area (Å²) in [6.07, 6.45) is 0. The molecule has 3 N–H and O–H groups in total. The number of hydrogen-bond donors (Lipinski definition) is 2. The molecule has 10 heavy (non-hydrogen) atoms. The number of phenols is 1. The Labute approximate surface area is 71.7 Å². The largest absolute Gasteiger partial charge is 0.506 e. The Balaban J connectivity index is 3.34. The highest BCUT2D eigenvalue weighted by atomic mass is 79.9. The van der Waals surface area contributed by atoms with E-state index in [1.807, 2.05) is 0 Å². The van der Waals surface area contributed by atoms with Crippen LogP contribution in [0.5, 0.6) is 5.75 Å². The van der Waals surface area contributed by atoms with Gasteiger partial charge in [-0.1, -0.05) is 11.6 Å². The van der Waals surface area contributed by atoms with Crippen molar-refractivity contribution in [3.63, 3.8) is 0 Å². The summed E-state index contributed by atoms with van der Waals surface area (Å²) in [5.74, 6) is 0.00759. The molecule has 0 unspecified atom stereocenters. The minimum absolute atomic E-state index is 0.00759. The number of hydrogen-bond acceptors (Lipinski definition) is 2. The molecular weight excluding hydrogens is 217 g/mol. The second-order valence-electron chi connectivity index (χ2n) is 1.79. The van der Waals surface area contributed by atoms with Gasteiger partial charge in [0.05, 0.1) is 10.7 Å². The predicted molar refractivity (Wildman–Crippen MR) is 45.2 cm³/mol. The molecule has 0 heterocycles. The van der Waals surface area contributed by atoms with Crippen LogP contribution in [0.3, 0.4) is 0 Å². The van der Waals surface area contributed by atoms with Crippen LogP contribution in [0.1, 0.15) is 0 Å². The van der Waals surface area contributed by atoms with Crippen LogP contribution in [0, 0.1) is 0 Å². The summed E-state index contributed by atoms with van der Waals surface area (Å²) in [5, 5.41) is 9.34. The van der Waals surface area contributed by atoms with Crippen LogP contribution < -0.4 is 5.73 Å². The van der Waals surface area contributed by atoms with Crippen LogP contribution in [0.4, 0.5) is 5.69 Å². The quantitative estimate of drug-likeness (QED) is 0.523. The number of nitrogens with two attached hydrogens (primary N) is 1. The van der Waals surface area contributed by atoms with Gasteiger partial charge in [-0.05, 0) is 28.1 Å². The molecule has 0 amide bonds. The Hall–Kier alpha value is -0.410. The third-order valence-electron chi connectivity index (χ3n) is 1.11. The second-order valence-corrected chi connectivity index (χ2v) is 3.03. The SMILES string of the molecule is Nc1c(O)ccc(Br)c1Cl. The highest BCUT2D eigenvalue weighted by Crippen LogP contribution is 2.34. The molecule has 0 aliphatic heterocycles. The van der Waals surface area contributed by atoms with E-state index in [1.54, 1.807) is 6.07 Å². The van der Waals surface area contributed by atoms with Gasteiger partial charge >= 0.3 is 0 Å². The van der Waals surface area contributed by atoms with Gasteiger partial charge in [0.15, 0.2) is 0 Å². The summed E-state index contributed by atoms with van der Waals surface area (Å²) in [7, 11) is 0. The number of nitrogen functional groups attached to an aromatic ring is 1. The number of phenolic OH excluding ortho intramolecular Hbond substituents is 1. The zero-order valence-corrected chi connectivity index (χ0v) is 7.28. The molecule has 54 valence electrons. The van der Waals surface area contributed by atoms with E-state index in [0.29, 0.717) is 9.50 Å². The molecule has 1 aromatic rings. The lowest BCUT2D eigenvalue weighted by atomic mass is 10.3. The number of aromatic hydroxyl groups is 1. The van der Waals surface area contributed by atoms with Crippen molar-refractivity contribution in [3.8, 4) is 5.75 Å². The van der Waals surface area contributed by atoms with Crippen molar-refractivity contribution in [2.75, 3.05) is 5.73 Å². The third-order valence-corrected chi connectivity index (χ3v) is 2.41. The summed E-state index contributed by atoms with van der Waals surface area (Å²) >= 11 is 8.81. The fraction of sp³-hybridized carbons (Fsp3) is 0. The Morgan fingerprint density at radius 1 is 1.50 bits per heavy atom. The van der Waals surface area contributed by atoms with Gasteiger partial charge in [-0.25, -0.2) is 0 Å². The maximum atomic E-state index is 8.99. The van der Waals surface area contributed by atoms with E-state index in [1.165, 1.54) is 6.07 Å². The molecular formula is C6H5BrClNO. The molecule has 0 bridgehead atoms.